The predicted octanol–water partition coefficient (Wildman–Crippen LogP) is -0.0147. The Bertz CT molecular complexity index is 252. The molecule has 0 saturated carbocycles. The third-order valence-electron chi connectivity index (χ3n) is 1.27. The summed E-state index contributed by atoms with van der Waals surface area (Å²) in [5, 5.41) is 0. The van der Waals surface area contributed by atoms with Gasteiger partial charge in [0, 0.05) is 14.2 Å². The zero-order chi connectivity index (χ0) is 12.1. The first-order valence-electron chi connectivity index (χ1n) is 3.86. The van der Waals surface area contributed by atoms with E-state index in [0.717, 1.165) is 14.2 Å². The first-order chi connectivity index (χ1) is 6.76. The summed E-state index contributed by atoms with van der Waals surface area (Å²) in [7, 11) is -7.30. The van der Waals surface area contributed by atoms with E-state index in [0.29, 0.717) is 0 Å². The summed E-state index contributed by atoms with van der Waals surface area (Å²) in [6.45, 7) is 1.47. The number of hydrogen-bond donors (Lipinski definition) is 0. The van der Waals surface area contributed by atoms with Gasteiger partial charge in [-0.05, 0) is 6.42 Å². The van der Waals surface area contributed by atoms with Crippen molar-refractivity contribution < 1.29 is 37.0 Å². The van der Waals surface area contributed by atoms with Crippen LogP contribution in [0.5, 0.6) is 0 Å². The van der Waals surface area contributed by atoms with E-state index in [2.05, 4.69) is 18.1 Å². The van der Waals surface area contributed by atoms with Gasteiger partial charge in [0.25, 0.3) is 15.6 Å². The van der Waals surface area contributed by atoms with Crippen LogP contribution < -0.4 is 9.79 Å². The van der Waals surface area contributed by atoms with Crippen LogP contribution in [-0.4, -0.2) is 20.5 Å². The second kappa shape index (κ2) is 6.08. The van der Waals surface area contributed by atoms with Gasteiger partial charge in [0.1, 0.15) is 0 Å². The van der Waals surface area contributed by atoms with E-state index in [1.165, 1.54) is 6.92 Å². The molecule has 0 amide bonds. The van der Waals surface area contributed by atoms with Gasteiger partial charge >= 0.3 is 0 Å². The third-order valence-corrected chi connectivity index (χ3v) is 3.15. The highest BCUT2D eigenvalue weighted by molar-refractivity contribution is 7.46. The summed E-state index contributed by atoms with van der Waals surface area (Å²) in [5.74, 6) is 0. The average molecular weight is 262 g/mol. The van der Waals surface area contributed by atoms with Crippen molar-refractivity contribution in [2.45, 2.75) is 19.6 Å². The molecule has 0 saturated heterocycles. The average Bonchev–Trinajstić information content (AvgIpc) is 2.16. The van der Waals surface area contributed by atoms with Crippen molar-refractivity contribution in [3.63, 3.8) is 0 Å². The van der Waals surface area contributed by atoms with Crippen molar-refractivity contribution in [2.75, 3.05) is 14.2 Å². The highest BCUT2D eigenvalue weighted by Gasteiger charge is 2.21. The largest absolute Gasteiger partial charge is 0.756 e. The van der Waals surface area contributed by atoms with Crippen molar-refractivity contribution in [3.05, 3.63) is 0 Å². The molecule has 10 heteroatoms. The third kappa shape index (κ3) is 6.40. The van der Waals surface area contributed by atoms with Crippen molar-refractivity contribution in [1.29, 1.82) is 0 Å². The minimum atomic E-state index is -4.53. The number of phosphoric ester groups is 2. The molecule has 0 rings (SSSR count). The summed E-state index contributed by atoms with van der Waals surface area (Å²) < 4.78 is 38.1. The molecule has 0 heterocycles. The molecule has 15 heavy (non-hydrogen) atoms. The van der Waals surface area contributed by atoms with Crippen LogP contribution in [0.25, 0.3) is 0 Å². The molecule has 0 N–H and O–H groups in total. The van der Waals surface area contributed by atoms with Gasteiger partial charge in [0.2, 0.25) is 0 Å². The molecular formula is C5H12O8P2-2. The maximum Gasteiger partial charge on any atom is 0.269 e. The fourth-order valence-electron chi connectivity index (χ4n) is 0.542. The first-order valence-corrected chi connectivity index (χ1v) is 6.79. The second-order valence-corrected chi connectivity index (χ2v) is 5.25. The molecule has 0 aliphatic rings. The van der Waals surface area contributed by atoms with Gasteiger partial charge in [-0.3, -0.25) is 18.2 Å². The molecule has 2 unspecified atom stereocenters. The zero-order valence-corrected chi connectivity index (χ0v) is 10.2. The second-order valence-electron chi connectivity index (χ2n) is 2.31. The monoisotopic (exact) mass is 262 g/mol. The van der Waals surface area contributed by atoms with E-state index in [-0.39, 0.29) is 6.42 Å². The maximum atomic E-state index is 10.8. The highest BCUT2D eigenvalue weighted by Crippen LogP contribution is 2.45. The van der Waals surface area contributed by atoms with Gasteiger partial charge in [-0.1, -0.05) is 6.92 Å². The van der Waals surface area contributed by atoms with E-state index in [9.17, 15) is 18.9 Å². The van der Waals surface area contributed by atoms with Crippen LogP contribution >= 0.6 is 15.6 Å². The summed E-state index contributed by atoms with van der Waals surface area (Å²) in [6, 6.07) is 0. The summed E-state index contributed by atoms with van der Waals surface area (Å²) in [6.07, 6.45) is -1.50. The van der Waals surface area contributed by atoms with E-state index in [1.54, 1.807) is 0 Å². The van der Waals surface area contributed by atoms with E-state index >= 15 is 0 Å². The smallest absolute Gasteiger partial charge is 0.269 e. The van der Waals surface area contributed by atoms with Crippen molar-refractivity contribution in [3.8, 4) is 0 Å². The molecule has 0 bridgehead atoms. The molecule has 0 aromatic rings. The van der Waals surface area contributed by atoms with Crippen LogP contribution in [0.2, 0.25) is 0 Å². The lowest BCUT2D eigenvalue weighted by Gasteiger charge is -2.30. The van der Waals surface area contributed by atoms with Crippen molar-refractivity contribution >= 4 is 15.6 Å². The molecule has 0 aromatic heterocycles. The lowest BCUT2D eigenvalue weighted by atomic mass is 10.5. The molecule has 0 fully saturated rings. The van der Waals surface area contributed by atoms with Crippen LogP contribution in [0.4, 0.5) is 0 Å². The van der Waals surface area contributed by atoms with E-state index < -0.39 is 21.9 Å². The van der Waals surface area contributed by atoms with Gasteiger partial charge in [0.05, 0.1) is 0 Å². The molecule has 8 nitrogen and oxygen atoms in total. The van der Waals surface area contributed by atoms with Gasteiger partial charge < -0.3 is 18.8 Å². The Morgan fingerprint density at radius 1 is 1.07 bits per heavy atom. The molecule has 2 atom stereocenters. The Balaban J connectivity index is 4.40. The van der Waals surface area contributed by atoms with Crippen LogP contribution in [0.15, 0.2) is 0 Å². The Morgan fingerprint density at radius 3 is 1.60 bits per heavy atom. The summed E-state index contributed by atoms with van der Waals surface area (Å²) in [5.41, 5.74) is 0. The number of phosphoric acid groups is 2. The Labute approximate surface area is 87.3 Å². The quantitative estimate of drug-likeness (QED) is 0.464. The first kappa shape index (κ1) is 15.2. The number of rotatable bonds is 7. The van der Waals surface area contributed by atoms with Crippen LogP contribution in [0, 0.1) is 0 Å². The van der Waals surface area contributed by atoms with E-state index in [4.69, 9.17) is 0 Å². The minimum absolute atomic E-state index is 0.00875. The van der Waals surface area contributed by atoms with Gasteiger partial charge in [0.15, 0.2) is 6.29 Å². The summed E-state index contributed by atoms with van der Waals surface area (Å²) in [4.78, 5) is 21.6. The van der Waals surface area contributed by atoms with Gasteiger partial charge in [-0.15, -0.1) is 0 Å². The molecule has 0 aliphatic carbocycles. The molecule has 92 valence electrons. The lowest BCUT2D eigenvalue weighted by Crippen LogP contribution is -2.21. The minimum Gasteiger partial charge on any atom is -0.756 e. The Morgan fingerprint density at radius 2 is 1.40 bits per heavy atom. The van der Waals surface area contributed by atoms with Crippen molar-refractivity contribution in [2.24, 2.45) is 0 Å². The fourth-order valence-corrected chi connectivity index (χ4v) is 1.74. The molecule has 0 spiro atoms. The molecule has 0 aromatic carbocycles. The molecule has 0 aliphatic heterocycles. The van der Waals surface area contributed by atoms with Gasteiger partial charge in [-0.2, -0.15) is 0 Å². The molecule has 0 radical (unpaired) electrons. The van der Waals surface area contributed by atoms with Crippen LogP contribution in [0.3, 0.4) is 0 Å². The topological polar surface area (TPSA) is 117 Å². The Kier molecular flexibility index (Phi) is 6.17. The van der Waals surface area contributed by atoms with Crippen molar-refractivity contribution in [1.82, 2.24) is 0 Å². The summed E-state index contributed by atoms with van der Waals surface area (Å²) >= 11 is 0. The standard InChI is InChI=1S/C5H14O8P2/c1-4-5(12-14(6,7)10-2)13-15(8,9)11-3/h5H,4H2,1-3H3,(H,6,7)(H,8,9)/p-2. The molecular weight excluding hydrogens is 250 g/mol. The normalized spacial score (nSPS) is 21.7. The lowest BCUT2D eigenvalue weighted by molar-refractivity contribution is -0.255. The van der Waals surface area contributed by atoms with E-state index in [1.807, 2.05) is 0 Å². The highest BCUT2D eigenvalue weighted by atomic mass is 31.2. The Hall–Kier alpha value is 0.220. The van der Waals surface area contributed by atoms with Crippen LogP contribution in [-0.2, 0) is 27.2 Å². The SMILES string of the molecule is CCC(OP(=O)([O-])OC)OP(=O)([O-])OC. The fraction of sp³-hybridized carbons (Fsp3) is 1.00. The maximum absolute atomic E-state index is 10.8. The van der Waals surface area contributed by atoms with Gasteiger partial charge in [-0.25, -0.2) is 0 Å². The predicted molar refractivity (Wildman–Crippen MR) is 45.5 cm³/mol. The number of hydrogen-bond acceptors (Lipinski definition) is 8. The van der Waals surface area contributed by atoms with Crippen LogP contribution in [0.1, 0.15) is 13.3 Å². The zero-order valence-electron chi connectivity index (χ0n) is 8.44.